The van der Waals surface area contributed by atoms with Crippen LogP contribution < -0.4 is 0 Å². The van der Waals surface area contributed by atoms with E-state index < -0.39 is 0 Å². The van der Waals surface area contributed by atoms with Gasteiger partial charge in [0.05, 0.1) is 5.56 Å². The zero-order chi connectivity index (χ0) is 15.4. The number of carbonyl (C=O) groups is 2. The van der Waals surface area contributed by atoms with Crippen molar-refractivity contribution in [3.63, 3.8) is 0 Å². The van der Waals surface area contributed by atoms with Gasteiger partial charge in [0, 0.05) is 23.5 Å². The monoisotopic (exact) mass is 355 g/mol. The van der Waals surface area contributed by atoms with E-state index in [4.69, 9.17) is 0 Å². The Morgan fingerprint density at radius 2 is 2.10 bits per heavy atom. The molecule has 1 aromatic rings. The van der Waals surface area contributed by atoms with Crippen molar-refractivity contribution in [3.8, 4) is 0 Å². The number of amides is 1. The lowest BCUT2D eigenvalue weighted by Gasteiger charge is -2.30. The summed E-state index contributed by atoms with van der Waals surface area (Å²) in [4.78, 5) is 26.0. The van der Waals surface area contributed by atoms with Gasteiger partial charge in [0.25, 0.3) is 5.91 Å². The molecule has 1 unspecified atom stereocenters. The van der Waals surface area contributed by atoms with Crippen LogP contribution in [0, 0.1) is 5.82 Å². The number of halogens is 2. The third-order valence-electron chi connectivity index (χ3n) is 3.82. The van der Waals surface area contributed by atoms with Gasteiger partial charge in [-0.1, -0.05) is 12.8 Å². The summed E-state index contributed by atoms with van der Waals surface area (Å²) in [5, 5.41) is 0. The third kappa shape index (κ3) is 4.13. The molecule has 1 amide bonds. The van der Waals surface area contributed by atoms with E-state index in [0.717, 1.165) is 25.7 Å². The molecule has 114 valence electrons. The zero-order valence-corrected chi connectivity index (χ0v) is 13.7. The summed E-state index contributed by atoms with van der Waals surface area (Å²) in [6.45, 7) is 2.21. The summed E-state index contributed by atoms with van der Waals surface area (Å²) in [6.07, 6.45) is 4.29. The summed E-state index contributed by atoms with van der Waals surface area (Å²) >= 11 is 3.25. The molecule has 1 aromatic carbocycles. The molecule has 1 fully saturated rings. The van der Waals surface area contributed by atoms with Gasteiger partial charge in [-0.25, -0.2) is 4.39 Å². The van der Waals surface area contributed by atoms with Gasteiger partial charge in [0.2, 0.25) is 0 Å². The Bertz CT molecular complexity index is 547. The number of hydrogen-bond donors (Lipinski definition) is 0. The van der Waals surface area contributed by atoms with E-state index >= 15 is 0 Å². The molecule has 2 rings (SSSR count). The highest BCUT2D eigenvalue weighted by molar-refractivity contribution is 9.10. The van der Waals surface area contributed by atoms with Gasteiger partial charge in [-0.3, -0.25) is 9.59 Å². The van der Waals surface area contributed by atoms with E-state index in [-0.39, 0.29) is 23.5 Å². The molecule has 1 aliphatic heterocycles. The van der Waals surface area contributed by atoms with Crippen LogP contribution in [0.5, 0.6) is 0 Å². The first-order valence-corrected chi connectivity index (χ1v) is 8.04. The van der Waals surface area contributed by atoms with Crippen LogP contribution >= 0.6 is 15.9 Å². The molecular weight excluding hydrogens is 337 g/mol. The lowest BCUT2D eigenvalue weighted by Crippen LogP contribution is -2.41. The van der Waals surface area contributed by atoms with E-state index in [9.17, 15) is 14.0 Å². The molecule has 5 heteroatoms. The fourth-order valence-corrected chi connectivity index (χ4v) is 3.33. The van der Waals surface area contributed by atoms with Crippen molar-refractivity contribution in [1.29, 1.82) is 0 Å². The number of rotatable bonds is 3. The van der Waals surface area contributed by atoms with Crippen molar-refractivity contribution >= 4 is 27.6 Å². The average Bonchev–Trinajstić information content (AvgIpc) is 2.63. The fourth-order valence-electron chi connectivity index (χ4n) is 2.81. The number of benzene rings is 1. The predicted octanol–water partition coefficient (Wildman–Crippen LogP) is 3.95. The highest BCUT2D eigenvalue weighted by Gasteiger charge is 2.28. The van der Waals surface area contributed by atoms with Gasteiger partial charge < -0.3 is 4.90 Å². The third-order valence-corrected chi connectivity index (χ3v) is 4.48. The van der Waals surface area contributed by atoms with Crippen LogP contribution in [0.2, 0.25) is 0 Å². The maximum atomic E-state index is 13.2. The van der Waals surface area contributed by atoms with Crippen LogP contribution in [0.25, 0.3) is 0 Å². The highest BCUT2D eigenvalue weighted by Crippen LogP contribution is 2.25. The number of Topliss-reactive ketones (excluding diaryl/α,β-unsaturated/α-hetero) is 1. The smallest absolute Gasteiger partial charge is 0.255 e. The van der Waals surface area contributed by atoms with Crippen molar-refractivity contribution < 1.29 is 14.0 Å². The summed E-state index contributed by atoms with van der Waals surface area (Å²) in [7, 11) is 0. The van der Waals surface area contributed by atoms with Crippen molar-refractivity contribution in [2.24, 2.45) is 0 Å². The average molecular weight is 356 g/mol. The molecule has 3 nitrogen and oxygen atoms in total. The lowest BCUT2D eigenvalue weighted by atomic mass is 10.0. The molecule has 0 spiro atoms. The SMILES string of the molecule is CC(=O)CC1CCCCCN1C(=O)c1ccc(F)cc1Br. The Kier molecular flexibility index (Phi) is 5.51. The molecule has 1 aliphatic rings. The normalized spacial score (nSPS) is 19.2. The van der Waals surface area contributed by atoms with Crippen LogP contribution in [0.15, 0.2) is 22.7 Å². The minimum atomic E-state index is -0.380. The number of likely N-dealkylation sites (tertiary alicyclic amines) is 1. The summed E-state index contributed by atoms with van der Waals surface area (Å²) in [6, 6.07) is 4.03. The first-order chi connectivity index (χ1) is 9.99. The van der Waals surface area contributed by atoms with Gasteiger partial charge in [-0.15, -0.1) is 0 Å². The van der Waals surface area contributed by atoms with Crippen LogP contribution in [0.4, 0.5) is 4.39 Å². The fraction of sp³-hybridized carbons (Fsp3) is 0.500. The second-order valence-electron chi connectivity index (χ2n) is 5.53. The first kappa shape index (κ1) is 16.1. The quantitative estimate of drug-likeness (QED) is 0.822. The zero-order valence-electron chi connectivity index (χ0n) is 12.1. The van der Waals surface area contributed by atoms with Crippen LogP contribution in [-0.2, 0) is 4.79 Å². The first-order valence-electron chi connectivity index (χ1n) is 7.24. The van der Waals surface area contributed by atoms with Crippen molar-refractivity contribution in [3.05, 3.63) is 34.1 Å². The van der Waals surface area contributed by atoms with Gasteiger partial charge in [-0.2, -0.15) is 0 Å². The van der Waals surface area contributed by atoms with Crippen LogP contribution in [0.1, 0.15) is 49.4 Å². The summed E-state index contributed by atoms with van der Waals surface area (Å²) in [5.74, 6) is -0.414. The number of hydrogen-bond acceptors (Lipinski definition) is 2. The molecule has 0 aliphatic carbocycles. The van der Waals surface area contributed by atoms with Gasteiger partial charge >= 0.3 is 0 Å². The largest absolute Gasteiger partial charge is 0.335 e. The molecule has 0 radical (unpaired) electrons. The van der Waals surface area contributed by atoms with E-state index in [1.807, 2.05) is 0 Å². The lowest BCUT2D eigenvalue weighted by molar-refractivity contribution is -0.118. The topological polar surface area (TPSA) is 37.4 Å². The Morgan fingerprint density at radius 3 is 2.76 bits per heavy atom. The minimum Gasteiger partial charge on any atom is -0.335 e. The standard InChI is InChI=1S/C16H19BrFNO2/c1-11(20)9-13-5-3-2-4-8-19(13)16(21)14-7-6-12(18)10-15(14)17/h6-7,10,13H,2-5,8-9H2,1H3. The Hall–Kier alpha value is -1.23. The molecule has 0 saturated carbocycles. The number of carbonyl (C=O) groups excluding carboxylic acids is 2. The molecule has 1 saturated heterocycles. The van der Waals surface area contributed by atoms with Gasteiger partial charge in [-0.05, 0) is 53.9 Å². The number of ketones is 1. The minimum absolute atomic E-state index is 0.0468. The second-order valence-corrected chi connectivity index (χ2v) is 6.39. The highest BCUT2D eigenvalue weighted by atomic mass is 79.9. The molecule has 0 aromatic heterocycles. The molecule has 1 atom stereocenters. The summed E-state index contributed by atoms with van der Waals surface area (Å²) in [5.41, 5.74) is 0.451. The van der Waals surface area contributed by atoms with Gasteiger partial charge in [0.1, 0.15) is 11.6 Å². The molecule has 1 heterocycles. The second kappa shape index (κ2) is 7.16. The van der Waals surface area contributed by atoms with Gasteiger partial charge in [0.15, 0.2) is 0 Å². The Morgan fingerprint density at radius 1 is 1.33 bits per heavy atom. The number of nitrogens with zero attached hydrogens (tertiary/aromatic N) is 1. The van der Waals surface area contributed by atoms with Crippen LogP contribution in [-0.4, -0.2) is 29.2 Å². The van der Waals surface area contributed by atoms with E-state index in [1.165, 1.54) is 18.2 Å². The van der Waals surface area contributed by atoms with Crippen molar-refractivity contribution in [1.82, 2.24) is 4.90 Å². The molecule has 21 heavy (non-hydrogen) atoms. The maximum Gasteiger partial charge on any atom is 0.255 e. The van der Waals surface area contributed by atoms with E-state index in [1.54, 1.807) is 11.8 Å². The van der Waals surface area contributed by atoms with E-state index in [0.29, 0.717) is 23.0 Å². The van der Waals surface area contributed by atoms with Crippen molar-refractivity contribution in [2.75, 3.05) is 6.54 Å². The Balaban J connectivity index is 2.26. The Labute approximate surface area is 132 Å². The maximum absolute atomic E-state index is 13.2. The van der Waals surface area contributed by atoms with E-state index in [2.05, 4.69) is 15.9 Å². The molecule has 0 N–H and O–H groups in total. The molecular formula is C16H19BrFNO2. The summed E-state index contributed by atoms with van der Waals surface area (Å²) < 4.78 is 13.6. The predicted molar refractivity (Wildman–Crippen MR) is 82.7 cm³/mol. The molecule has 0 bridgehead atoms. The van der Waals surface area contributed by atoms with Crippen LogP contribution in [0.3, 0.4) is 0 Å². The van der Waals surface area contributed by atoms with Crippen molar-refractivity contribution in [2.45, 2.75) is 45.1 Å².